The number of aliphatic hydroxyl groups is 4. The van der Waals surface area contributed by atoms with Crippen LogP contribution in [0.4, 0.5) is 0 Å². The number of esters is 2. The van der Waals surface area contributed by atoms with Crippen molar-refractivity contribution in [1.29, 1.82) is 0 Å². The molecule has 2 heterocycles. The Morgan fingerprint density at radius 3 is 2.62 bits per heavy atom. The van der Waals surface area contributed by atoms with Crippen LogP contribution in [0.2, 0.25) is 0 Å². The molecule has 4 N–H and O–H groups in total. The first-order valence-corrected chi connectivity index (χ1v) is 13.9. The van der Waals surface area contributed by atoms with Gasteiger partial charge in [-0.1, -0.05) is 45.1 Å². The molecule has 39 heavy (non-hydrogen) atoms. The Bertz CT molecular complexity index is 919. The summed E-state index contributed by atoms with van der Waals surface area (Å²) in [6.45, 7) is 12.0. The highest BCUT2D eigenvalue weighted by Crippen LogP contribution is 2.37. The molecule has 1 fully saturated rings. The highest BCUT2D eigenvalue weighted by atomic mass is 16.6. The molecule has 9 heteroatoms. The molecule has 1 saturated heterocycles. The normalized spacial score (nSPS) is 36.6. The Morgan fingerprint density at radius 1 is 1.33 bits per heavy atom. The Labute approximate surface area is 232 Å². The fourth-order valence-electron chi connectivity index (χ4n) is 4.98. The molecule has 2 aliphatic rings. The summed E-state index contributed by atoms with van der Waals surface area (Å²) in [5, 5.41) is 42.2. The summed E-state index contributed by atoms with van der Waals surface area (Å²) in [6, 6.07) is 0. The number of allylic oxidation sites excluding steroid dienone is 2. The minimum absolute atomic E-state index is 0.00472. The van der Waals surface area contributed by atoms with Crippen LogP contribution in [0.5, 0.6) is 0 Å². The van der Waals surface area contributed by atoms with Crippen molar-refractivity contribution in [2.45, 2.75) is 128 Å². The van der Waals surface area contributed by atoms with Crippen molar-refractivity contribution in [3.8, 4) is 0 Å². The van der Waals surface area contributed by atoms with E-state index in [1.54, 1.807) is 44.2 Å². The molecule has 0 amide bonds. The second-order valence-electron chi connectivity index (χ2n) is 11.7. The van der Waals surface area contributed by atoms with Crippen LogP contribution in [0.25, 0.3) is 0 Å². The first-order chi connectivity index (χ1) is 18.1. The lowest BCUT2D eigenvalue weighted by Gasteiger charge is -2.32. The number of carbonyl (C=O) groups is 2. The van der Waals surface area contributed by atoms with Crippen LogP contribution in [0, 0.1) is 11.8 Å². The Morgan fingerprint density at radius 2 is 2.00 bits per heavy atom. The van der Waals surface area contributed by atoms with Gasteiger partial charge in [0.05, 0.1) is 36.4 Å². The standard InChI is InChI=1S/C30H48O9/c1-8-23(33)20(4)28-24(38-28)17-29(6,35)14-9-10-18(2)27-19(3)11-12-25(37-21(5)31)30(7,36)15-13-22(32)16-26(34)39-27/h9-12,14,19-20,22-25,27-28,32-33,35-36H,8,13,15-17H2,1-7H3/b12-11-,14-9+,18-10+/t19-,20+,22+,23-,24+,25-,27+,28+,29-,30+/m0/s1. The first kappa shape index (κ1) is 33.2. The predicted molar refractivity (Wildman–Crippen MR) is 146 cm³/mol. The summed E-state index contributed by atoms with van der Waals surface area (Å²) in [6.07, 6.45) is 6.23. The molecular weight excluding hydrogens is 504 g/mol. The second-order valence-corrected chi connectivity index (χ2v) is 11.7. The van der Waals surface area contributed by atoms with Crippen molar-refractivity contribution in [2.75, 3.05) is 0 Å². The topological polar surface area (TPSA) is 146 Å². The van der Waals surface area contributed by atoms with E-state index in [4.69, 9.17) is 14.2 Å². The third-order valence-corrected chi connectivity index (χ3v) is 7.66. The molecule has 0 bridgehead atoms. The van der Waals surface area contributed by atoms with E-state index >= 15 is 0 Å². The van der Waals surface area contributed by atoms with Crippen molar-refractivity contribution < 1.29 is 44.2 Å². The zero-order valence-corrected chi connectivity index (χ0v) is 24.4. The van der Waals surface area contributed by atoms with E-state index in [9.17, 15) is 30.0 Å². The average molecular weight is 553 g/mol. The third-order valence-electron chi connectivity index (χ3n) is 7.66. The minimum atomic E-state index is -1.43. The zero-order chi connectivity index (χ0) is 29.5. The highest BCUT2D eigenvalue weighted by Gasteiger charge is 2.47. The number of hydrogen-bond acceptors (Lipinski definition) is 9. The van der Waals surface area contributed by atoms with E-state index in [2.05, 4.69) is 0 Å². The van der Waals surface area contributed by atoms with E-state index in [1.165, 1.54) is 13.8 Å². The van der Waals surface area contributed by atoms with Gasteiger partial charge >= 0.3 is 11.9 Å². The molecule has 0 spiro atoms. The van der Waals surface area contributed by atoms with Gasteiger partial charge in [-0.05, 0) is 51.7 Å². The van der Waals surface area contributed by atoms with Gasteiger partial charge in [0.2, 0.25) is 0 Å². The Kier molecular flexibility index (Phi) is 11.9. The molecule has 0 aromatic heterocycles. The number of hydrogen-bond donors (Lipinski definition) is 4. The summed E-state index contributed by atoms with van der Waals surface area (Å²) in [5.41, 5.74) is -1.87. The molecule has 0 aromatic rings. The average Bonchev–Trinajstić information content (AvgIpc) is 3.59. The number of ether oxygens (including phenoxy) is 3. The summed E-state index contributed by atoms with van der Waals surface area (Å²) < 4.78 is 16.8. The highest BCUT2D eigenvalue weighted by molar-refractivity contribution is 5.70. The molecule has 0 radical (unpaired) electrons. The number of cyclic esters (lactones) is 1. The maximum atomic E-state index is 12.6. The zero-order valence-electron chi connectivity index (χ0n) is 24.4. The molecule has 0 saturated carbocycles. The molecule has 222 valence electrons. The van der Waals surface area contributed by atoms with E-state index in [0.29, 0.717) is 18.4 Å². The van der Waals surface area contributed by atoms with Gasteiger partial charge in [-0.3, -0.25) is 9.59 Å². The number of epoxide rings is 1. The Balaban J connectivity index is 2.18. The van der Waals surface area contributed by atoms with Gasteiger partial charge in [0, 0.05) is 25.2 Å². The molecule has 2 rings (SSSR count). The van der Waals surface area contributed by atoms with Crippen LogP contribution >= 0.6 is 0 Å². The van der Waals surface area contributed by atoms with Crippen LogP contribution in [0.3, 0.4) is 0 Å². The lowest BCUT2D eigenvalue weighted by molar-refractivity contribution is -0.157. The number of aliphatic hydroxyl groups excluding tert-OH is 2. The van der Waals surface area contributed by atoms with Crippen molar-refractivity contribution in [1.82, 2.24) is 0 Å². The lowest BCUT2D eigenvalue weighted by atomic mass is 9.88. The van der Waals surface area contributed by atoms with E-state index < -0.39 is 47.6 Å². The van der Waals surface area contributed by atoms with E-state index in [-0.39, 0.29) is 43.3 Å². The van der Waals surface area contributed by atoms with Gasteiger partial charge in [0.1, 0.15) is 17.8 Å². The molecule has 10 atom stereocenters. The molecule has 0 aromatic carbocycles. The lowest BCUT2D eigenvalue weighted by Crippen LogP contribution is -2.42. The smallest absolute Gasteiger partial charge is 0.309 e. The summed E-state index contributed by atoms with van der Waals surface area (Å²) in [4.78, 5) is 24.3. The van der Waals surface area contributed by atoms with Crippen LogP contribution < -0.4 is 0 Å². The van der Waals surface area contributed by atoms with Crippen molar-refractivity contribution in [2.24, 2.45) is 11.8 Å². The third kappa shape index (κ3) is 10.5. The predicted octanol–water partition coefficient (Wildman–Crippen LogP) is 3.14. The summed E-state index contributed by atoms with van der Waals surface area (Å²) in [5.74, 6) is -1.46. The van der Waals surface area contributed by atoms with Crippen LogP contribution in [0.1, 0.15) is 80.6 Å². The maximum Gasteiger partial charge on any atom is 0.309 e. The Hall–Kier alpha value is -2.04. The molecule has 2 aliphatic heterocycles. The van der Waals surface area contributed by atoms with Crippen molar-refractivity contribution in [3.05, 3.63) is 36.0 Å². The molecule has 9 nitrogen and oxygen atoms in total. The van der Waals surface area contributed by atoms with Crippen LogP contribution in [0.15, 0.2) is 36.0 Å². The summed E-state index contributed by atoms with van der Waals surface area (Å²) in [7, 11) is 0. The van der Waals surface area contributed by atoms with Gasteiger partial charge in [0.25, 0.3) is 0 Å². The first-order valence-electron chi connectivity index (χ1n) is 13.9. The molecule has 0 aliphatic carbocycles. The number of carbonyl (C=O) groups excluding carboxylic acids is 2. The monoisotopic (exact) mass is 552 g/mol. The maximum absolute atomic E-state index is 12.6. The van der Waals surface area contributed by atoms with Crippen LogP contribution in [-0.4, -0.2) is 80.2 Å². The fraction of sp³-hybridized carbons (Fsp3) is 0.733. The van der Waals surface area contributed by atoms with E-state index in [0.717, 1.165) is 0 Å². The van der Waals surface area contributed by atoms with Crippen molar-refractivity contribution >= 4 is 11.9 Å². The van der Waals surface area contributed by atoms with Crippen LogP contribution in [-0.2, 0) is 23.8 Å². The molecule has 0 unspecified atom stereocenters. The molecular formula is C30H48O9. The second kappa shape index (κ2) is 14.0. The van der Waals surface area contributed by atoms with E-state index in [1.807, 2.05) is 20.8 Å². The SMILES string of the molecule is CC[C@H](O)[C@@H](C)[C@H]1O[C@@H]1C[C@@](C)(O)/C=C/C=C(\C)[C@H]1OC(=O)C[C@H](O)CC[C@@](C)(O)[C@@H](OC(C)=O)/C=C\[C@@H]1C. The number of rotatable bonds is 9. The van der Waals surface area contributed by atoms with Gasteiger partial charge in [-0.2, -0.15) is 0 Å². The van der Waals surface area contributed by atoms with Crippen molar-refractivity contribution in [3.63, 3.8) is 0 Å². The quantitative estimate of drug-likeness (QED) is 0.147. The van der Waals surface area contributed by atoms with Gasteiger partial charge in [0.15, 0.2) is 0 Å². The minimum Gasteiger partial charge on any atom is -0.457 e. The largest absolute Gasteiger partial charge is 0.457 e. The summed E-state index contributed by atoms with van der Waals surface area (Å²) >= 11 is 0. The fourth-order valence-corrected chi connectivity index (χ4v) is 4.98. The van der Waals surface area contributed by atoms with Gasteiger partial charge in [-0.15, -0.1) is 0 Å². The van der Waals surface area contributed by atoms with Gasteiger partial charge in [-0.25, -0.2) is 0 Å². The van der Waals surface area contributed by atoms with Gasteiger partial charge < -0.3 is 34.6 Å².